The third-order valence-corrected chi connectivity index (χ3v) is 5.52. The first kappa shape index (κ1) is 20.5. The lowest BCUT2D eigenvalue weighted by atomic mass is 9.85. The Morgan fingerprint density at radius 1 is 1.15 bits per heavy atom. The maximum atomic E-state index is 13.2. The van der Waals surface area contributed by atoms with E-state index in [2.05, 4.69) is 5.32 Å². The second kappa shape index (κ2) is 6.13. The van der Waals surface area contributed by atoms with Crippen molar-refractivity contribution in [3.8, 4) is 0 Å². The molecule has 2 fully saturated rings. The van der Waals surface area contributed by atoms with E-state index in [1.165, 1.54) is 4.90 Å². The SMILES string of the molecule is CC(C)(C)OC(=O)N[C@H](C(=O)N1C[C@H]2[C@@H](C1C(=O)O)C2(C)C)C(C)(C)C. The van der Waals surface area contributed by atoms with Crippen molar-refractivity contribution < 1.29 is 24.2 Å². The first-order valence-corrected chi connectivity index (χ1v) is 9.10. The van der Waals surface area contributed by atoms with Crippen molar-refractivity contribution >= 4 is 18.0 Å². The Balaban J connectivity index is 2.20. The number of nitrogens with zero attached hydrogens (tertiary/aromatic N) is 1. The Morgan fingerprint density at radius 3 is 2.12 bits per heavy atom. The van der Waals surface area contributed by atoms with E-state index in [-0.39, 0.29) is 23.2 Å². The van der Waals surface area contributed by atoms with Crippen LogP contribution in [0.3, 0.4) is 0 Å². The number of carbonyl (C=O) groups excluding carboxylic acids is 2. The molecule has 1 heterocycles. The second-order valence-corrected chi connectivity index (χ2v) is 10.2. The predicted molar refractivity (Wildman–Crippen MR) is 96.5 cm³/mol. The van der Waals surface area contributed by atoms with Crippen molar-refractivity contribution in [2.24, 2.45) is 22.7 Å². The zero-order valence-electron chi connectivity index (χ0n) is 17.0. The smallest absolute Gasteiger partial charge is 0.408 e. The molecule has 7 nitrogen and oxygen atoms in total. The summed E-state index contributed by atoms with van der Waals surface area (Å²) in [7, 11) is 0. The molecule has 1 saturated heterocycles. The van der Waals surface area contributed by atoms with Gasteiger partial charge in [0.2, 0.25) is 5.91 Å². The van der Waals surface area contributed by atoms with Gasteiger partial charge in [-0.3, -0.25) is 4.79 Å². The van der Waals surface area contributed by atoms with Crippen LogP contribution in [-0.4, -0.2) is 52.2 Å². The van der Waals surface area contributed by atoms with Crippen LogP contribution < -0.4 is 5.32 Å². The third-order valence-electron chi connectivity index (χ3n) is 5.52. The standard InChI is InChI=1S/C19H32N2O5/c1-17(2,3)13(20-16(25)26-18(4,5)6)14(22)21-9-10-11(19(10,7)8)12(21)15(23)24/h10-13H,9H2,1-8H3,(H,20,25)(H,23,24)/t10-,11-,12?,13+/m0/s1. The summed E-state index contributed by atoms with van der Waals surface area (Å²) in [5, 5.41) is 12.3. The van der Waals surface area contributed by atoms with E-state index >= 15 is 0 Å². The van der Waals surface area contributed by atoms with Crippen LogP contribution in [0.2, 0.25) is 0 Å². The number of fused-ring (bicyclic) bond motifs is 1. The first-order valence-electron chi connectivity index (χ1n) is 9.10. The number of piperidine rings is 1. The average Bonchev–Trinajstić information content (AvgIpc) is 2.81. The Labute approximate surface area is 155 Å². The van der Waals surface area contributed by atoms with Crippen LogP contribution in [0.25, 0.3) is 0 Å². The highest BCUT2D eigenvalue weighted by molar-refractivity contribution is 5.91. The number of carbonyl (C=O) groups is 3. The molecule has 1 unspecified atom stereocenters. The fraction of sp³-hybridized carbons (Fsp3) is 0.842. The number of alkyl carbamates (subject to hydrolysis) is 1. The zero-order chi connectivity index (χ0) is 20.2. The topological polar surface area (TPSA) is 95.9 Å². The minimum Gasteiger partial charge on any atom is -0.480 e. The average molecular weight is 368 g/mol. The van der Waals surface area contributed by atoms with E-state index in [1.54, 1.807) is 20.8 Å². The van der Waals surface area contributed by atoms with Crippen molar-refractivity contribution in [3.05, 3.63) is 0 Å². The van der Waals surface area contributed by atoms with E-state index in [0.717, 1.165) is 0 Å². The number of amides is 2. The zero-order valence-corrected chi connectivity index (χ0v) is 17.0. The van der Waals surface area contributed by atoms with Crippen molar-refractivity contribution in [2.45, 2.75) is 73.1 Å². The molecule has 0 bridgehead atoms. The van der Waals surface area contributed by atoms with Gasteiger partial charge in [0, 0.05) is 12.5 Å². The molecule has 2 amide bonds. The van der Waals surface area contributed by atoms with Crippen LogP contribution in [0, 0.1) is 22.7 Å². The van der Waals surface area contributed by atoms with Gasteiger partial charge in [-0.1, -0.05) is 34.6 Å². The van der Waals surface area contributed by atoms with Crippen molar-refractivity contribution in [2.75, 3.05) is 6.54 Å². The molecule has 0 aromatic heterocycles. The lowest BCUT2D eigenvalue weighted by molar-refractivity contribution is -0.152. The summed E-state index contributed by atoms with van der Waals surface area (Å²) in [5.74, 6) is -1.19. The molecule has 1 aliphatic heterocycles. The van der Waals surface area contributed by atoms with Gasteiger partial charge >= 0.3 is 12.1 Å². The molecule has 0 aromatic carbocycles. The fourth-order valence-corrected chi connectivity index (χ4v) is 4.04. The summed E-state index contributed by atoms with van der Waals surface area (Å²) in [4.78, 5) is 38.6. The molecular weight excluding hydrogens is 336 g/mol. The Bertz CT molecular complexity index is 614. The van der Waals surface area contributed by atoms with Gasteiger partial charge in [0.05, 0.1) is 0 Å². The van der Waals surface area contributed by atoms with E-state index in [4.69, 9.17) is 4.74 Å². The van der Waals surface area contributed by atoms with Gasteiger partial charge in [-0.25, -0.2) is 9.59 Å². The van der Waals surface area contributed by atoms with Crippen LogP contribution in [0.4, 0.5) is 4.79 Å². The molecule has 0 aromatic rings. The van der Waals surface area contributed by atoms with Crippen molar-refractivity contribution in [3.63, 3.8) is 0 Å². The van der Waals surface area contributed by atoms with Crippen LogP contribution in [0.15, 0.2) is 0 Å². The Kier molecular flexibility index (Phi) is 4.84. The molecule has 2 aliphatic rings. The molecule has 1 saturated carbocycles. The van der Waals surface area contributed by atoms with Gasteiger partial charge < -0.3 is 20.1 Å². The van der Waals surface area contributed by atoms with Gasteiger partial charge in [0.1, 0.15) is 17.7 Å². The maximum Gasteiger partial charge on any atom is 0.408 e. The Hall–Kier alpha value is -1.79. The van der Waals surface area contributed by atoms with Crippen LogP contribution in [-0.2, 0) is 14.3 Å². The number of carboxylic acids is 1. The monoisotopic (exact) mass is 368 g/mol. The number of carboxylic acid groups (broad SMARTS) is 1. The molecule has 1 aliphatic carbocycles. The molecule has 0 radical (unpaired) electrons. The van der Waals surface area contributed by atoms with Gasteiger partial charge in [-0.2, -0.15) is 0 Å². The van der Waals surface area contributed by atoms with Gasteiger partial charge in [-0.05, 0) is 37.5 Å². The molecule has 2 N–H and O–H groups in total. The van der Waals surface area contributed by atoms with Gasteiger partial charge in [0.15, 0.2) is 0 Å². The number of hydrogen-bond acceptors (Lipinski definition) is 4. The molecule has 2 rings (SSSR count). The number of ether oxygens (including phenoxy) is 1. The summed E-state index contributed by atoms with van der Waals surface area (Å²) in [6.45, 7) is 15.2. The second-order valence-electron chi connectivity index (χ2n) is 10.2. The minimum atomic E-state index is -0.985. The lowest BCUT2D eigenvalue weighted by Crippen LogP contribution is -2.58. The molecule has 7 heteroatoms. The number of rotatable bonds is 3. The number of nitrogens with one attached hydrogen (secondary N) is 1. The van der Waals surface area contributed by atoms with E-state index in [0.29, 0.717) is 6.54 Å². The van der Waals surface area contributed by atoms with E-state index in [1.807, 2.05) is 34.6 Å². The minimum absolute atomic E-state index is 0.0360. The summed E-state index contributed by atoms with van der Waals surface area (Å²) in [6, 6.07) is -1.70. The first-order chi connectivity index (χ1) is 11.6. The summed E-state index contributed by atoms with van der Waals surface area (Å²) in [5.41, 5.74) is -1.33. The van der Waals surface area contributed by atoms with Crippen molar-refractivity contribution in [1.82, 2.24) is 10.2 Å². The normalized spacial score (nSPS) is 28.2. The van der Waals surface area contributed by atoms with Gasteiger partial charge in [0.25, 0.3) is 0 Å². The van der Waals surface area contributed by atoms with Crippen LogP contribution >= 0.6 is 0 Å². The molecule has 148 valence electrons. The number of aliphatic carboxylic acids is 1. The number of likely N-dealkylation sites (tertiary alicyclic amines) is 1. The highest BCUT2D eigenvalue weighted by atomic mass is 16.6. The van der Waals surface area contributed by atoms with Crippen LogP contribution in [0.1, 0.15) is 55.4 Å². The third kappa shape index (κ3) is 3.81. The summed E-state index contributed by atoms with van der Waals surface area (Å²) >= 11 is 0. The molecule has 26 heavy (non-hydrogen) atoms. The summed E-state index contributed by atoms with van der Waals surface area (Å²) < 4.78 is 5.28. The van der Waals surface area contributed by atoms with Gasteiger partial charge in [-0.15, -0.1) is 0 Å². The Morgan fingerprint density at radius 2 is 1.69 bits per heavy atom. The molecule has 0 spiro atoms. The predicted octanol–water partition coefficient (Wildman–Crippen LogP) is 2.49. The molecular formula is C19H32N2O5. The highest BCUT2D eigenvalue weighted by Crippen LogP contribution is 2.65. The maximum absolute atomic E-state index is 13.2. The summed E-state index contributed by atoms with van der Waals surface area (Å²) in [6.07, 6.45) is -0.678. The highest BCUT2D eigenvalue weighted by Gasteiger charge is 2.70. The van der Waals surface area contributed by atoms with Crippen LogP contribution in [0.5, 0.6) is 0 Å². The largest absolute Gasteiger partial charge is 0.480 e. The molecule has 4 atom stereocenters. The lowest BCUT2D eigenvalue weighted by Gasteiger charge is -2.37. The van der Waals surface area contributed by atoms with E-state index in [9.17, 15) is 19.5 Å². The van der Waals surface area contributed by atoms with E-state index < -0.39 is 35.2 Å². The van der Waals surface area contributed by atoms with Crippen molar-refractivity contribution in [1.29, 1.82) is 0 Å². The quantitative estimate of drug-likeness (QED) is 0.798. The number of hydrogen-bond donors (Lipinski definition) is 2. The fourth-order valence-electron chi connectivity index (χ4n) is 4.04.